The van der Waals surface area contributed by atoms with Crippen LogP contribution in [0.4, 0.5) is 0 Å². The van der Waals surface area contributed by atoms with E-state index in [0.29, 0.717) is 38.1 Å². The highest BCUT2D eigenvalue weighted by molar-refractivity contribution is 7.89. The highest BCUT2D eigenvalue weighted by Gasteiger charge is 2.36. The third-order valence-corrected chi connectivity index (χ3v) is 7.10. The van der Waals surface area contributed by atoms with Gasteiger partial charge in [-0.3, -0.25) is 4.79 Å². The molecule has 8 heteroatoms. The summed E-state index contributed by atoms with van der Waals surface area (Å²) in [5.41, 5.74) is 0. The molecule has 1 unspecified atom stereocenters. The van der Waals surface area contributed by atoms with Crippen LogP contribution in [0.15, 0.2) is 46.0 Å². The fourth-order valence-electron chi connectivity index (χ4n) is 3.65. The molecule has 0 bridgehead atoms. The van der Waals surface area contributed by atoms with E-state index in [1.807, 2.05) is 6.92 Å². The lowest BCUT2D eigenvalue weighted by molar-refractivity contribution is 0.0791. The zero-order valence-corrected chi connectivity index (χ0v) is 16.3. The predicted octanol–water partition coefficient (Wildman–Crippen LogP) is 2.99. The van der Waals surface area contributed by atoms with Crippen LogP contribution in [0.1, 0.15) is 36.9 Å². The molecule has 0 aliphatic carbocycles. The number of methoxy groups -OCH3 is 1. The van der Waals surface area contributed by atoms with Crippen LogP contribution in [0.3, 0.4) is 0 Å². The van der Waals surface area contributed by atoms with Crippen molar-refractivity contribution >= 4 is 15.8 Å². The van der Waals surface area contributed by atoms with Gasteiger partial charge in [-0.05, 0) is 49.4 Å². The number of piperidine rings is 1. The average molecular weight is 392 g/mol. The number of sulfonamides is 1. The fraction of sp³-hybridized carbons (Fsp3) is 0.474. The minimum absolute atomic E-state index is 0.0982. The second-order valence-corrected chi connectivity index (χ2v) is 8.57. The number of oxazole rings is 1. The highest BCUT2D eigenvalue weighted by atomic mass is 32.2. The number of nitrogens with zero attached hydrogens (tertiary/aromatic N) is 2. The van der Waals surface area contributed by atoms with Crippen LogP contribution in [0, 0.1) is 11.8 Å². The first-order chi connectivity index (χ1) is 13.0. The maximum absolute atomic E-state index is 12.8. The molecule has 2 heterocycles. The van der Waals surface area contributed by atoms with E-state index in [-0.39, 0.29) is 28.4 Å². The Morgan fingerprint density at radius 2 is 1.96 bits per heavy atom. The predicted molar refractivity (Wildman–Crippen MR) is 99.1 cm³/mol. The van der Waals surface area contributed by atoms with Crippen LogP contribution in [0.5, 0.6) is 5.75 Å². The van der Waals surface area contributed by atoms with Crippen LogP contribution in [0.2, 0.25) is 0 Å². The highest BCUT2D eigenvalue weighted by Crippen LogP contribution is 2.32. The monoisotopic (exact) mass is 392 g/mol. The Kier molecular flexibility index (Phi) is 5.96. The molecule has 0 saturated carbocycles. The van der Waals surface area contributed by atoms with E-state index in [9.17, 15) is 13.2 Å². The van der Waals surface area contributed by atoms with Gasteiger partial charge in [0.1, 0.15) is 12.0 Å². The number of carbonyl (C=O) groups is 1. The summed E-state index contributed by atoms with van der Waals surface area (Å²) in [6.07, 6.45) is 4.81. The summed E-state index contributed by atoms with van der Waals surface area (Å²) in [5, 5.41) is 0. The molecule has 1 saturated heterocycles. The smallest absolute Gasteiger partial charge is 0.263 e. The lowest BCUT2D eigenvalue weighted by atomic mass is 9.80. The molecule has 3 rings (SSSR count). The van der Waals surface area contributed by atoms with E-state index in [1.165, 1.54) is 23.9 Å². The molecule has 1 aliphatic rings. The lowest BCUT2D eigenvalue weighted by Gasteiger charge is -2.34. The van der Waals surface area contributed by atoms with E-state index < -0.39 is 10.0 Å². The second-order valence-electron chi connectivity index (χ2n) is 6.63. The molecule has 0 radical (unpaired) electrons. The third kappa shape index (κ3) is 4.06. The molecule has 1 aromatic heterocycles. The van der Waals surface area contributed by atoms with Gasteiger partial charge in [-0.25, -0.2) is 13.4 Å². The minimum Gasteiger partial charge on any atom is -0.497 e. The van der Waals surface area contributed by atoms with Crippen LogP contribution in [-0.4, -0.2) is 43.7 Å². The summed E-state index contributed by atoms with van der Waals surface area (Å²) < 4.78 is 37.4. The molecule has 7 nitrogen and oxygen atoms in total. The second kappa shape index (κ2) is 8.22. The molecule has 2 aromatic rings. The van der Waals surface area contributed by atoms with E-state index in [2.05, 4.69) is 4.98 Å². The van der Waals surface area contributed by atoms with Crippen LogP contribution >= 0.6 is 0 Å². The minimum atomic E-state index is -3.54. The van der Waals surface area contributed by atoms with Gasteiger partial charge in [0.15, 0.2) is 0 Å². The van der Waals surface area contributed by atoms with Gasteiger partial charge in [-0.15, -0.1) is 0 Å². The number of rotatable bonds is 7. The molecule has 27 heavy (non-hydrogen) atoms. The Hall–Kier alpha value is -2.19. The molecule has 0 spiro atoms. The van der Waals surface area contributed by atoms with Gasteiger partial charge >= 0.3 is 0 Å². The molecule has 0 N–H and O–H groups in total. The zero-order chi connectivity index (χ0) is 19.4. The quantitative estimate of drug-likeness (QED) is 0.673. The van der Waals surface area contributed by atoms with Gasteiger partial charge in [0.25, 0.3) is 5.89 Å². The number of Topliss-reactive ketones (excluding diaryl/α,β-unsaturated/α-hetero) is 1. The van der Waals surface area contributed by atoms with Crippen molar-refractivity contribution in [3.63, 3.8) is 0 Å². The molecule has 0 amide bonds. The number of aromatic nitrogens is 1. The fourth-order valence-corrected chi connectivity index (χ4v) is 5.12. The van der Waals surface area contributed by atoms with Crippen LogP contribution in [-0.2, 0) is 10.0 Å². The van der Waals surface area contributed by atoms with Gasteiger partial charge in [-0.1, -0.05) is 6.92 Å². The largest absolute Gasteiger partial charge is 0.497 e. The van der Waals surface area contributed by atoms with E-state index >= 15 is 0 Å². The van der Waals surface area contributed by atoms with Crippen molar-refractivity contribution in [3.05, 3.63) is 42.6 Å². The Balaban J connectivity index is 1.67. The van der Waals surface area contributed by atoms with Crippen molar-refractivity contribution in [3.8, 4) is 5.75 Å². The first kappa shape index (κ1) is 19.6. The standard InChI is InChI=1S/C19H24N2O5S/c1-3-17(18(22)19-20-10-13-26-19)14-8-11-21(12-9-14)27(23,24)16-6-4-15(25-2)5-7-16/h4-7,10,13-14,17H,3,8-9,11-12H2,1-2H3. The summed E-state index contributed by atoms with van der Waals surface area (Å²) in [5.74, 6) is 0.573. The number of ether oxygens (including phenoxy) is 1. The van der Waals surface area contributed by atoms with Crippen molar-refractivity contribution in [1.82, 2.24) is 9.29 Å². The summed E-state index contributed by atoms with van der Waals surface area (Å²) in [4.78, 5) is 16.8. The summed E-state index contributed by atoms with van der Waals surface area (Å²) in [6.45, 7) is 2.76. The normalized spacial score (nSPS) is 17.6. The van der Waals surface area contributed by atoms with Gasteiger partial charge in [0.05, 0.1) is 18.2 Å². The maximum atomic E-state index is 12.8. The Labute approximate surface area is 159 Å². The van der Waals surface area contributed by atoms with Gasteiger partial charge in [0.2, 0.25) is 15.8 Å². The zero-order valence-electron chi connectivity index (χ0n) is 15.5. The van der Waals surface area contributed by atoms with E-state index in [0.717, 1.165) is 0 Å². The topological polar surface area (TPSA) is 89.7 Å². The van der Waals surface area contributed by atoms with E-state index in [4.69, 9.17) is 9.15 Å². The van der Waals surface area contributed by atoms with Crippen molar-refractivity contribution in [1.29, 1.82) is 0 Å². The Bertz CT molecular complexity index is 854. The first-order valence-corrected chi connectivity index (χ1v) is 10.5. The van der Waals surface area contributed by atoms with Gasteiger partial charge < -0.3 is 9.15 Å². The number of hydrogen-bond acceptors (Lipinski definition) is 6. The van der Waals surface area contributed by atoms with Crippen molar-refractivity contribution < 1.29 is 22.4 Å². The first-order valence-electron chi connectivity index (χ1n) is 9.05. The lowest BCUT2D eigenvalue weighted by Crippen LogP contribution is -2.41. The molecular weight excluding hydrogens is 368 g/mol. The number of benzene rings is 1. The Morgan fingerprint density at radius 3 is 2.48 bits per heavy atom. The van der Waals surface area contributed by atoms with Gasteiger partial charge in [0, 0.05) is 19.0 Å². The van der Waals surface area contributed by atoms with Crippen molar-refractivity contribution in [2.75, 3.05) is 20.2 Å². The van der Waals surface area contributed by atoms with Crippen molar-refractivity contribution in [2.24, 2.45) is 11.8 Å². The molecule has 1 fully saturated rings. The molecule has 1 aromatic carbocycles. The summed E-state index contributed by atoms with van der Waals surface area (Å²) in [7, 11) is -2.00. The SMILES string of the molecule is CCC(C(=O)c1ncco1)C1CCN(S(=O)(=O)c2ccc(OC)cc2)CC1. The summed E-state index contributed by atoms with van der Waals surface area (Å²) >= 11 is 0. The number of hydrogen-bond donors (Lipinski definition) is 0. The molecule has 1 atom stereocenters. The summed E-state index contributed by atoms with van der Waals surface area (Å²) in [6, 6.07) is 6.39. The molecule has 146 valence electrons. The van der Waals surface area contributed by atoms with Crippen LogP contribution in [0.25, 0.3) is 0 Å². The Morgan fingerprint density at radius 1 is 1.30 bits per heavy atom. The third-order valence-electron chi connectivity index (χ3n) is 5.18. The number of ketones is 1. The van der Waals surface area contributed by atoms with Crippen molar-refractivity contribution in [2.45, 2.75) is 31.1 Å². The van der Waals surface area contributed by atoms with Gasteiger partial charge in [-0.2, -0.15) is 4.31 Å². The molecular formula is C19H24N2O5S. The van der Waals surface area contributed by atoms with E-state index in [1.54, 1.807) is 24.3 Å². The maximum Gasteiger partial charge on any atom is 0.263 e. The average Bonchev–Trinajstić information content (AvgIpc) is 3.24. The van der Waals surface area contributed by atoms with Crippen LogP contribution < -0.4 is 4.74 Å². The molecule has 1 aliphatic heterocycles. The number of carbonyl (C=O) groups excluding carboxylic acids is 1.